The number of hydrogen-bond acceptors (Lipinski definition) is 2. The van der Waals surface area contributed by atoms with Crippen molar-refractivity contribution in [3.8, 4) is 0 Å². The first kappa shape index (κ1) is 13.8. The summed E-state index contributed by atoms with van der Waals surface area (Å²) in [6.07, 6.45) is 0. The summed E-state index contributed by atoms with van der Waals surface area (Å²) in [5, 5.41) is 3.06. The van der Waals surface area contributed by atoms with Crippen molar-refractivity contribution >= 4 is 17.2 Å². The van der Waals surface area contributed by atoms with Gasteiger partial charge in [0.05, 0.1) is 10.9 Å². The summed E-state index contributed by atoms with van der Waals surface area (Å²) < 4.78 is 0. The minimum absolute atomic E-state index is 0.00516. The van der Waals surface area contributed by atoms with E-state index in [4.69, 9.17) is 0 Å². The molecule has 1 aromatic heterocycles. The Morgan fingerprint density at radius 1 is 1.16 bits per heavy atom. The van der Waals surface area contributed by atoms with Crippen molar-refractivity contribution in [3.05, 3.63) is 56.8 Å². The SMILES string of the molecule is Cc1ccc(C(C)NC(=O)c2ccc(C)s2)c(C)c1. The highest BCUT2D eigenvalue weighted by Gasteiger charge is 2.14. The highest BCUT2D eigenvalue weighted by atomic mass is 32.1. The number of rotatable bonds is 3. The Morgan fingerprint density at radius 2 is 1.89 bits per heavy atom. The van der Waals surface area contributed by atoms with E-state index in [9.17, 15) is 4.79 Å². The van der Waals surface area contributed by atoms with Crippen LogP contribution in [-0.2, 0) is 0 Å². The molecule has 2 nitrogen and oxygen atoms in total. The molecule has 0 aliphatic carbocycles. The van der Waals surface area contributed by atoms with Gasteiger partial charge in [0.15, 0.2) is 0 Å². The van der Waals surface area contributed by atoms with Crippen molar-refractivity contribution < 1.29 is 4.79 Å². The quantitative estimate of drug-likeness (QED) is 0.893. The summed E-state index contributed by atoms with van der Waals surface area (Å²) in [5.41, 5.74) is 3.64. The van der Waals surface area contributed by atoms with E-state index in [0.29, 0.717) is 0 Å². The molecule has 2 rings (SSSR count). The first-order valence-corrected chi connectivity index (χ1v) is 7.23. The maximum atomic E-state index is 12.1. The minimum atomic E-state index is 0.00516. The van der Waals surface area contributed by atoms with Crippen molar-refractivity contribution in [2.75, 3.05) is 0 Å². The maximum absolute atomic E-state index is 12.1. The molecule has 100 valence electrons. The molecule has 1 aromatic carbocycles. The number of amides is 1. The first-order valence-electron chi connectivity index (χ1n) is 6.42. The normalized spacial score (nSPS) is 12.2. The first-order chi connectivity index (χ1) is 8.97. The molecule has 1 unspecified atom stereocenters. The van der Waals surface area contributed by atoms with E-state index in [-0.39, 0.29) is 11.9 Å². The number of benzene rings is 1. The van der Waals surface area contributed by atoms with Crippen LogP contribution in [0.2, 0.25) is 0 Å². The van der Waals surface area contributed by atoms with Gasteiger partial charge in [-0.3, -0.25) is 4.79 Å². The third-order valence-corrected chi connectivity index (χ3v) is 4.20. The molecule has 3 heteroatoms. The highest BCUT2D eigenvalue weighted by Crippen LogP contribution is 2.20. The fraction of sp³-hybridized carbons (Fsp3) is 0.312. The lowest BCUT2D eigenvalue weighted by Gasteiger charge is -2.16. The van der Waals surface area contributed by atoms with Crippen LogP contribution < -0.4 is 5.32 Å². The second kappa shape index (κ2) is 5.57. The van der Waals surface area contributed by atoms with E-state index < -0.39 is 0 Å². The second-order valence-corrected chi connectivity index (χ2v) is 6.25. The van der Waals surface area contributed by atoms with Gasteiger partial charge in [0.25, 0.3) is 5.91 Å². The van der Waals surface area contributed by atoms with Crippen LogP contribution in [0.5, 0.6) is 0 Å². The summed E-state index contributed by atoms with van der Waals surface area (Å²) in [6, 6.07) is 10.2. The third-order valence-electron chi connectivity index (χ3n) is 3.20. The number of carbonyl (C=O) groups is 1. The van der Waals surface area contributed by atoms with Gasteiger partial charge in [0.2, 0.25) is 0 Å². The van der Waals surface area contributed by atoms with Crippen molar-refractivity contribution in [3.63, 3.8) is 0 Å². The summed E-state index contributed by atoms with van der Waals surface area (Å²) in [6.45, 7) is 8.19. The Hall–Kier alpha value is -1.61. The van der Waals surface area contributed by atoms with Gasteiger partial charge < -0.3 is 5.32 Å². The van der Waals surface area contributed by atoms with E-state index in [1.807, 2.05) is 26.0 Å². The van der Waals surface area contributed by atoms with Gasteiger partial charge >= 0.3 is 0 Å². The summed E-state index contributed by atoms with van der Waals surface area (Å²) in [4.78, 5) is 14.0. The molecular weight excluding hydrogens is 254 g/mol. The van der Waals surface area contributed by atoms with Gasteiger partial charge in [0, 0.05) is 4.88 Å². The van der Waals surface area contributed by atoms with Crippen LogP contribution in [0.3, 0.4) is 0 Å². The molecule has 1 amide bonds. The van der Waals surface area contributed by atoms with Crippen molar-refractivity contribution in [2.24, 2.45) is 0 Å². The van der Waals surface area contributed by atoms with Crippen LogP contribution in [0.25, 0.3) is 0 Å². The lowest BCUT2D eigenvalue weighted by atomic mass is 10.0. The van der Waals surface area contributed by atoms with Crippen LogP contribution >= 0.6 is 11.3 Å². The van der Waals surface area contributed by atoms with E-state index in [0.717, 1.165) is 9.75 Å². The fourth-order valence-electron chi connectivity index (χ4n) is 2.21. The fourth-order valence-corrected chi connectivity index (χ4v) is 2.98. The van der Waals surface area contributed by atoms with Gasteiger partial charge in [-0.25, -0.2) is 0 Å². The minimum Gasteiger partial charge on any atom is -0.345 e. The Balaban J connectivity index is 2.12. The van der Waals surface area contributed by atoms with Gasteiger partial charge in [-0.15, -0.1) is 11.3 Å². The highest BCUT2D eigenvalue weighted by molar-refractivity contribution is 7.13. The van der Waals surface area contributed by atoms with Crippen molar-refractivity contribution in [2.45, 2.75) is 33.7 Å². The Bertz CT molecular complexity index is 601. The zero-order chi connectivity index (χ0) is 14.0. The molecule has 2 aromatic rings. The lowest BCUT2D eigenvalue weighted by molar-refractivity contribution is 0.0944. The molecule has 0 radical (unpaired) electrons. The summed E-state index contributed by atoms with van der Waals surface area (Å²) >= 11 is 1.53. The van der Waals surface area contributed by atoms with Crippen LogP contribution in [0, 0.1) is 20.8 Å². The van der Waals surface area contributed by atoms with Crippen LogP contribution in [0.1, 0.15) is 44.2 Å². The van der Waals surface area contributed by atoms with Gasteiger partial charge in [0.1, 0.15) is 0 Å². The topological polar surface area (TPSA) is 29.1 Å². The van der Waals surface area contributed by atoms with Gasteiger partial charge in [-0.2, -0.15) is 0 Å². The molecule has 1 N–H and O–H groups in total. The van der Waals surface area contributed by atoms with E-state index >= 15 is 0 Å². The number of aryl methyl sites for hydroxylation is 3. The molecule has 19 heavy (non-hydrogen) atoms. The molecule has 0 bridgehead atoms. The molecule has 0 spiro atoms. The van der Waals surface area contributed by atoms with Crippen molar-refractivity contribution in [1.82, 2.24) is 5.32 Å². The Kier molecular flexibility index (Phi) is 4.05. The second-order valence-electron chi connectivity index (χ2n) is 4.97. The lowest BCUT2D eigenvalue weighted by Crippen LogP contribution is -2.26. The molecule has 0 aliphatic rings. The number of thiophene rings is 1. The molecule has 0 aliphatic heterocycles. The predicted octanol–water partition coefficient (Wildman–Crippen LogP) is 4.16. The molecular formula is C16H19NOS. The Labute approximate surface area is 118 Å². The predicted molar refractivity (Wildman–Crippen MR) is 80.9 cm³/mol. The number of carbonyl (C=O) groups excluding carboxylic acids is 1. The zero-order valence-electron chi connectivity index (χ0n) is 11.8. The van der Waals surface area contributed by atoms with Crippen molar-refractivity contribution in [1.29, 1.82) is 0 Å². The smallest absolute Gasteiger partial charge is 0.261 e. The van der Waals surface area contributed by atoms with E-state index in [2.05, 4.69) is 37.4 Å². The third kappa shape index (κ3) is 3.24. The monoisotopic (exact) mass is 273 g/mol. The number of nitrogens with one attached hydrogen (secondary N) is 1. The Morgan fingerprint density at radius 3 is 2.47 bits per heavy atom. The maximum Gasteiger partial charge on any atom is 0.261 e. The standard InChI is InChI=1S/C16H19NOS/c1-10-5-7-14(11(2)9-10)13(4)17-16(18)15-8-6-12(3)19-15/h5-9,13H,1-4H3,(H,17,18). The van der Waals surface area contributed by atoms with Crippen LogP contribution in [0.15, 0.2) is 30.3 Å². The van der Waals surface area contributed by atoms with Gasteiger partial charge in [-0.05, 0) is 51.0 Å². The molecule has 0 saturated heterocycles. The largest absolute Gasteiger partial charge is 0.345 e. The molecule has 0 saturated carbocycles. The van der Waals surface area contributed by atoms with E-state index in [1.54, 1.807) is 0 Å². The molecule has 1 atom stereocenters. The van der Waals surface area contributed by atoms with E-state index in [1.165, 1.54) is 28.0 Å². The zero-order valence-corrected chi connectivity index (χ0v) is 12.6. The summed E-state index contributed by atoms with van der Waals surface area (Å²) in [7, 11) is 0. The average molecular weight is 273 g/mol. The molecule has 1 heterocycles. The van der Waals surface area contributed by atoms with Crippen LogP contribution in [-0.4, -0.2) is 5.91 Å². The summed E-state index contributed by atoms with van der Waals surface area (Å²) in [5.74, 6) is 0.00516. The molecule has 0 fully saturated rings. The van der Waals surface area contributed by atoms with Crippen LogP contribution in [0.4, 0.5) is 0 Å². The van der Waals surface area contributed by atoms with Gasteiger partial charge in [-0.1, -0.05) is 23.8 Å². The average Bonchev–Trinajstić information content (AvgIpc) is 2.75. The number of hydrogen-bond donors (Lipinski definition) is 1.